The van der Waals surface area contributed by atoms with Gasteiger partial charge in [0, 0.05) is 6.04 Å². The maximum Gasteiger partial charge on any atom is 0.323 e. The van der Waals surface area contributed by atoms with Crippen LogP contribution in [0.3, 0.4) is 0 Å². The van der Waals surface area contributed by atoms with Gasteiger partial charge in [0.1, 0.15) is 0 Å². The Morgan fingerprint density at radius 3 is 2.50 bits per heavy atom. The summed E-state index contributed by atoms with van der Waals surface area (Å²) in [5.74, 6) is 0.706. The van der Waals surface area contributed by atoms with Crippen LogP contribution in [0, 0.1) is 0 Å². The summed E-state index contributed by atoms with van der Waals surface area (Å²) in [6, 6.07) is 0.674. The zero-order valence-electron chi connectivity index (χ0n) is 12.9. The molecule has 0 radical (unpaired) electrons. The smallest absolute Gasteiger partial charge is 0.323 e. The summed E-state index contributed by atoms with van der Waals surface area (Å²) in [6.07, 6.45) is 6.62. The van der Waals surface area contributed by atoms with Gasteiger partial charge in [0.15, 0.2) is 0 Å². The van der Waals surface area contributed by atoms with E-state index < -0.39 is 0 Å². The third-order valence-corrected chi connectivity index (χ3v) is 2.94. The van der Waals surface area contributed by atoms with Crippen LogP contribution in [0.1, 0.15) is 59.3 Å². The summed E-state index contributed by atoms with van der Waals surface area (Å²) >= 11 is 0. The first-order chi connectivity index (χ1) is 9.69. The molecular weight excluding hydrogens is 254 g/mol. The Balaban J connectivity index is 2.69. The van der Waals surface area contributed by atoms with Crippen molar-refractivity contribution >= 4 is 11.9 Å². The van der Waals surface area contributed by atoms with Crippen molar-refractivity contribution < 1.29 is 4.74 Å². The molecule has 1 aromatic rings. The predicted molar refractivity (Wildman–Crippen MR) is 81.9 cm³/mol. The van der Waals surface area contributed by atoms with Gasteiger partial charge >= 0.3 is 6.01 Å². The molecule has 114 valence electrons. The van der Waals surface area contributed by atoms with Crippen molar-refractivity contribution in [1.82, 2.24) is 15.0 Å². The number of hydrogen-bond donors (Lipinski definition) is 2. The van der Waals surface area contributed by atoms with Gasteiger partial charge in [0.05, 0.1) is 6.61 Å². The number of nitrogens with zero attached hydrogens (tertiary/aromatic N) is 3. The van der Waals surface area contributed by atoms with Gasteiger partial charge in [-0.3, -0.25) is 0 Å². The zero-order chi connectivity index (χ0) is 14.8. The van der Waals surface area contributed by atoms with Crippen LogP contribution in [0.25, 0.3) is 0 Å². The molecule has 1 heterocycles. The van der Waals surface area contributed by atoms with Crippen molar-refractivity contribution in [1.29, 1.82) is 0 Å². The summed E-state index contributed by atoms with van der Waals surface area (Å²) in [4.78, 5) is 12.4. The van der Waals surface area contributed by atoms with E-state index in [2.05, 4.69) is 34.1 Å². The largest absolute Gasteiger partial charge is 0.463 e. The van der Waals surface area contributed by atoms with E-state index in [9.17, 15) is 0 Å². The summed E-state index contributed by atoms with van der Waals surface area (Å²) in [7, 11) is 0. The minimum Gasteiger partial charge on any atom is -0.463 e. The minimum absolute atomic E-state index is 0.194. The Morgan fingerprint density at radius 2 is 1.85 bits per heavy atom. The minimum atomic E-state index is 0.194. The lowest BCUT2D eigenvalue weighted by Crippen LogP contribution is -2.21. The second kappa shape index (κ2) is 9.34. The van der Waals surface area contributed by atoms with E-state index >= 15 is 0 Å². The lowest BCUT2D eigenvalue weighted by molar-refractivity contribution is 0.292. The molecule has 0 fully saturated rings. The zero-order valence-corrected chi connectivity index (χ0v) is 12.9. The molecule has 6 heteroatoms. The quantitative estimate of drug-likeness (QED) is 0.685. The van der Waals surface area contributed by atoms with Gasteiger partial charge in [-0.2, -0.15) is 15.0 Å². The summed E-state index contributed by atoms with van der Waals surface area (Å²) in [6.45, 7) is 6.99. The molecular formula is C14H27N5O. The Labute approximate surface area is 121 Å². The van der Waals surface area contributed by atoms with Gasteiger partial charge in [0.2, 0.25) is 11.9 Å². The van der Waals surface area contributed by atoms with E-state index in [0.29, 0.717) is 24.6 Å². The van der Waals surface area contributed by atoms with Crippen molar-refractivity contribution in [3.63, 3.8) is 0 Å². The number of hydrogen-bond acceptors (Lipinski definition) is 6. The Hall–Kier alpha value is -1.59. The number of nitrogens with two attached hydrogens (primary N) is 1. The molecule has 0 amide bonds. The van der Waals surface area contributed by atoms with E-state index in [1.807, 2.05) is 6.92 Å². The van der Waals surface area contributed by atoms with Gasteiger partial charge < -0.3 is 15.8 Å². The third kappa shape index (κ3) is 6.04. The van der Waals surface area contributed by atoms with Crippen molar-refractivity contribution in [2.45, 2.75) is 65.3 Å². The van der Waals surface area contributed by atoms with Crippen LogP contribution in [-0.2, 0) is 0 Å². The molecule has 1 atom stereocenters. The van der Waals surface area contributed by atoms with Crippen LogP contribution in [0.5, 0.6) is 6.01 Å². The number of anilines is 2. The molecule has 6 nitrogen and oxygen atoms in total. The monoisotopic (exact) mass is 281 g/mol. The summed E-state index contributed by atoms with van der Waals surface area (Å²) < 4.78 is 5.42. The lowest BCUT2D eigenvalue weighted by Gasteiger charge is -2.18. The fraction of sp³-hybridized carbons (Fsp3) is 0.786. The van der Waals surface area contributed by atoms with Crippen molar-refractivity contribution in [2.75, 3.05) is 17.7 Å². The number of ether oxygens (including phenoxy) is 1. The molecule has 0 bridgehead atoms. The highest BCUT2D eigenvalue weighted by molar-refractivity contribution is 5.33. The molecule has 1 unspecified atom stereocenters. The standard InChI is InChI=1S/C14H27N5O/c1-4-7-9-11(8-5-2)16-13-17-12(15)18-14(19-13)20-10-6-3/h11H,4-10H2,1-3H3,(H3,15,16,17,18,19). The van der Waals surface area contributed by atoms with E-state index in [-0.39, 0.29) is 5.95 Å². The summed E-state index contributed by atoms with van der Waals surface area (Å²) in [5, 5.41) is 3.35. The molecule has 1 aromatic heterocycles. The molecule has 0 saturated heterocycles. The highest BCUT2D eigenvalue weighted by Crippen LogP contribution is 2.15. The first-order valence-corrected chi connectivity index (χ1v) is 7.60. The molecule has 20 heavy (non-hydrogen) atoms. The van der Waals surface area contributed by atoms with Crippen LogP contribution in [0.15, 0.2) is 0 Å². The fourth-order valence-corrected chi connectivity index (χ4v) is 1.96. The topological polar surface area (TPSA) is 86.0 Å². The predicted octanol–water partition coefficient (Wildman–Crippen LogP) is 3.01. The van der Waals surface area contributed by atoms with Gasteiger partial charge in [-0.05, 0) is 19.3 Å². The SMILES string of the molecule is CCCCC(CCC)Nc1nc(N)nc(OCCC)n1. The second-order valence-corrected chi connectivity index (χ2v) is 4.92. The number of nitrogen functional groups attached to an aromatic ring is 1. The molecule has 0 aliphatic rings. The van der Waals surface area contributed by atoms with E-state index in [0.717, 1.165) is 25.7 Å². The van der Waals surface area contributed by atoms with Crippen LogP contribution in [0.4, 0.5) is 11.9 Å². The average molecular weight is 281 g/mol. The van der Waals surface area contributed by atoms with Crippen LogP contribution in [-0.4, -0.2) is 27.6 Å². The average Bonchev–Trinajstić information content (AvgIpc) is 2.42. The molecule has 0 aromatic carbocycles. The van der Waals surface area contributed by atoms with Gasteiger partial charge in [-0.25, -0.2) is 0 Å². The molecule has 0 aliphatic carbocycles. The Morgan fingerprint density at radius 1 is 1.05 bits per heavy atom. The highest BCUT2D eigenvalue weighted by Gasteiger charge is 2.11. The van der Waals surface area contributed by atoms with Crippen molar-refractivity contribution in [2.24, 2.45) is 0 Å². The van der Waals surface area contributed by atoms with Gasteiger partial charge in [-0.1, -0.05) is 40.0 Å². The van der Waals surface area contributed by atoms with E-state index in [4.69, 9.17) is 10.5 Å². The second-order valence-electron chi connectivity index (χ2n) is 4.92. The Kier molecular flexibility index (Phi) is 7.69. The van der Waals surface area contributed by atoms with Crippen LogP contribution >= 0.6 is 0 Å². The number of rotatable bonds is 10. The number of unbranched alkanes of at least 4 members (excludes halogenated alkanes) is 1. The molecule has 1 rings (SSSR count). The van der Waals surface area contributed by atoms with E-state index in [1.54, 1.807) is 0 Å². The normalized spacial score (nSPS) is 12.2. The maximum atomic E-state index is 5.70. The van der Waals surface area contributed by atoms with Gasteiger partial charge in [-0.15, -0.1) is 0 Å². The third-order valence-electron chi connectivity index (χ3n) is 2.94. The molecule has 3 N–H and O–H groups in total. The molecule has 0 aliphatic heterocycles. The molecule has 0 saturated carbocycles. The summed E-state index contributed by atoms with van der Waals surface area (Å²) in [5.41, 5.74) is 5.70. The number of nitrogens with one attached hydrogen (secondary N) is 1. The highest BCUT2D eigenvalue weighted by atomic mass is 16.5. The Bertz CT molecular complexity index is 386. The van der Waals surface area contributed by atoms with Crippen LogP contribution in [0.2, 0.25) is 0 Å². The van der Waals surface area contributed by atoms with Gasteiger partial charge in [0.25, 0.3) is 0 Å². The lowest BCUT2D eigenvalue weighted by atomic mass is 10.1. The first kappa shape index (κ1) is 16.5. The van der Waals surface area contributed by atoms with Crippen molar-refractivity contribution in [3.8, 4) is 6.01 Å². The fourth-order valence-electron chi connectivity index (χ4n) is 1.96. The van der Waals surface area contributed by atoms with Crippen LogP contribution < -0.4 is 15.8 Å². The molecule has 0 spiro atoms. The number of aromatic nitrogens is 3. The maximum absolute atomic E-state index is 5.70. The first-order valence-electron chi connectivity index (χ1n) is 7.60. The van der Waals surface area contributed by atoms with Crippen molar-refractivity contribution in [3.05, 3.63) is 0 Å². The van der Waals surface area contributed by atoms with E-state index in [1.165, 1.54) is 12.8 Å².